The molecule has 3 N–H and O–H groups in total. The molecule has 6 nitrogen and oxygen atoms in total. The third kappa shape index (κ3) is 8.21. The largest absolute Gasteiger partial charge is 0.444 e. The zero-order valence-electron chi connectivity index (χ0n) is 14.5. The number of ether oxygens (including phenoxy) is 1. The lowest BCUT2D eigenvalue weighted by Gasteiger charge is -2.21. The van der Waals surface area contributed by atoms with Gasteiger partial charge in [0.15, 0.2) is 0 Å². The summed E-state index contributed by atoms with van der Waals surface area (Å²) in [7, 11) is 0. The quantitative estimate of drug-likeness (QED) is 0.752. The van der Waals surface area contributed by atoms with Crippen LogP contribution in [0, 0.1) is 0 Å². The topological polar surface area (TPSA) is 79.5 Å². The van der Waals surface area contributed by atoms with Crippen LogP contribution in [0.2, 0.25) is 0 Å². The molecule has 0 aliphatic rings. The molecule has 1 atom stereocenters. The zero-order valence-corrected chi connectivity index (χ0v) is 14.5. The maximum atomic E-state index is 11.6. The number of amides is 2. The fourth-order valence-corrected chi connectivity index (χ4v) is 1.89. The van der Waals surface area contributed by atoms with Gasteiger partial charge in [0.25, 0.3) is 0 Å². The van der Waals surface area contributed by atoms with Crippen LogP contribution in [0.4, 0.5) is 10.5 Å². The van der Waals surface area contributed by atoms with Crippen molar-refractivity contribution in [2.24, 2.45) is 0 Å². The van der Waals surface area contributed by atoms with Crippen molar-refractivity contribution in [3.63, 3.8) is 0 Å². The SMILES string of the molecule is CC(=O)Nc1ccccc1CNC(C)CNC(=O)OC(C)(C)C. The van der Waals surface area contributed by atoms with Crippen molar-refractivity contribution in [1.82, 2.24) is 10.6 Å². The molecule has 0 aliphatic carbocycles. The van der Waals surface area contributed by atoms with Crippen molar-refractivity contribution >= 4 is 17.7 Å². The first-order valence-electron chi connectivity index (χ1n) is 7.73. The second kappa shape index (κ2) is 8.53. The number of hydrogen-bond donors (Lipinski definition) is 3. The number of anilines is 1. The summed E-state index contributed by atoms with van der Waals surface area (Å²) in [5.74, 6) is -0.0999. The van der Waals surface area contributed by atoms with Crippen LogP contribution in [-0.2, 0) is 16.1 Å². The Morgan fingerprint density at radius 3 is 2.48 bits per heavy atom. The van der Waals surface area contributed by atoms with Crippen molar-refractivity contribution in [3.05, 3.63) is 29.8 Å². The van der Waals surface area contributed by atoms with Crippen molar-refractivity contribution in [2.75, 3.05) is 11.9 Å². The fraction of sp³-hybridized carbons (Fsp3) is 0.529. The Hall–Kier alpha value is -2.08. The van der Waals surface area contributed by atoms with E-state index >= 15 is 0 Å². The molecule has 1 aromatic carbocycles. The number of rotatable bonds is 6. The van der Waals surface area contributed by atoms with E-state index in [1.54, 1.807) is 0 Å². The summed E-state index contributed by atoms with van der Waals surface area (Å²) in [5, 5.41) is 8.84. The Kier molecular flexibility index (Phi) is 7.03. The van der Waals surface area contributed by atoms with Crippen molar-refractivity contribution in [1.29, 1.82) is 0 Å². The third-order valence-electron chi connectivity index (χ3n) is 2.92. The number of hydrogen-bond acceptors (Lipinski definition) is 4. The van der Waals surface area contributed by atoms with Gasteiger partial charge in [-0.15, -0.1) is 0 Å². The van der Waals surface area contributed by atoms with E-state index in [1.165, 1.54) is 6.92 Å². The van der Waals surface area contributed by atoms with Gasteiger partial charge in [-0.25, -0.2) is 4.79 Å². The maximum absolute atomic E-state index is 11.6. The lowest BCUT2D eigenvalue weighted by atomic mass is 10.1. The molecule has 0 fully saturated rings. The Morgan fingerprint density at radius 1 is 1.22 bits per heavy atom. The summed E-state index contributed by atoms with van der Waals surface area (Å²) in [6.45, 7) is 9.98. The Bertz CT molecular complexity index is 538. The number of nitrogens with one attached hydrogen (secondary N) is 3. The molecule has 2 amide bonds. The molecule has 1 aromatic rings. The Morgan fingerprint density at radius 2 is 1.87 bits per heavy atom. The Balaban J connectivity index is 2.43. The van der Waals surface area contributed by atoms with Gasteiger partial charge < -0.3 is 20.7 Å². The average Bonchev–Trinajstić information content (AvgIpc) is 2.41. The van der Waals surface area contributed by atoms with Crippen LogP contribution in [0.3, 0.4) is 0 Å². The molecule has 0 radical (unpaired) electrons. The highest BCUT2D eigenvalue weighted by Gasteiger charge is 2.16. The van der Waals surface area contributed by atoms with Crippen LogP contribution < -0.4 is 16.0 Å². The van der Waals surface area contributed by atoms with E-state index < -0.39 is 11.7 Å². The summed E-state index contributed by atoms with van der Waals surface area (Å²) >= 11 is 0. The van der Waals surface area contributed by atoms with E-state index in [-0.39, 0.29) is 11.9 Å². The third-order valence-corrected chi connectivity index (χ3v) is 2.92. The first-order valence-corrected chi connectivity index (χ1v) is 7.73. The van der Waals surface area contributed by atoms with Crippen LogP contribution in [0.5, 0.6) is 0 Å². The number of para-hydroxylation sites is 1. The molecular formula is C17H27N3O3. The van der Waals surface area contributed by atoms with Gasteiger partial charge in [0, 0.05) is 31.7 Å². The zero-order chi connectivity index (χ0) is 17.5. The molecule has 0 saturated heterocycles. The Labute approximate surface area is 138 Å². The molecule has 1 unspecified atom stereocenters. The molecule has 128 valence electrons. The minimum atomic E-state index is -0.502. The van der Waals surface area contributed by atoms with Crippen molar-refractivity contribution < 1.29 is 14.3 Å². The average molecular weight is 321 g/mol. The summed E-state index contributed by atoms with van der Waals surface area (Å²) in [5.41, 5.74) is 1.28. The van der Waals surface area contributed by atoms with E-state index in [1.807, 2.05) is 52.0 Å². The molecule has 6 heteroatoms. The van der Waals surface area contributed by atoms with E-state index in [0.29, 0.717) is 13.1 Å². The summed E-state index contributed by atoms with van der Waals surface area (Å²) in [6, 6.07) is 7.68. The number of benzene rings is 1. The first-order chi connectivity index (χ1) is 10.7. The summed E-state index contributed by atoms with van der Waals surface area (Å²) in [4.78, 5) is 22.8. The molecule has 0 aliphatic heterocycles. The van der Waals surface area contributed by atoms with E-state index in [4.69, 9.17) is 4.74 Å². The molecule has 0 heterocycles. The standard InChI is InChI=1S/C17H27N3O3/c1-12(10-19-16(22)23-17(3,4)5)18-11-14-8-6-7-9-15(14)20-13(2)21/h6-9,12,18H,10-11H2,1-5H3,(H,19,22)(H,20,21). The number of carbonyl (C=O) groups excluding carboxylic acids is 2. The lowest BCUT2D eigenvalue weighted by Crippen LogP contribution is -2.41. The number of alkyl carbamates (subject to hydrolysis) is 1. The molecule has 0 aromatic heterocycles. The van der Waals surface area contributed by atoms with Crippen LogP contribution >= 0.6 is 0 Å². The molecule has 0 saturated carbocycles. The first kappa shape index (κ1) is 19.0. The number of carbonyl (C=O) groups is 2. The predicted molar refractivity (Wildman–Crippen MR) is 91.3 cm³/mol. The molecular weight excluding hydrogens is 294 g/mol. The van der Waals surface area contributed by atoms with Gasteiger partial charge in [-0.1, -0.05) is 18.2 Å². The van der Waals surface area contributed by atoms with E-state index in [9.17, 15) is 9.59 Å². The smallest absolute Gasteiger partial charge is 0.407 e. The minimum absolute atomic E-state index is 0.0629. The van der Waals surface area contributed by atoms with Gasteiger partial charge in [-0.2, -0.15) is 0 Å². The van der Waals surface area contributed by atoms with Gasteiger partial charge >= 0.3 is 6.09 Å². The molecule has 0 spiro atoms. The second-order valence-corrected chi connectivity index (χ2v) is 6.50. The predicted octanol–water partition coefficient (Wildman–Crippen LogP) is 2.65. The lowest BCUT2D eigenvalue weighted by molar-refractivity contribution is -0.114. The van der Waals surface area contributed by atoms with Crippen molar-refractivity contribution in [3.8, 4) is 0 Å². The van der Waals surface area contributed by atoms with Gasteiger partial charge in [0.2, 0.25) is 5.91 Å². The van der Waals surface area contributed by atoms with E-state index in [0.717, 1.165) is 11.3 Å². The molecule has 23 heavy (non-hydrogen) atoms. The normalized spacial score (nSPS) is 12.4. The maximum Gasteiger partial charge on any atom is 0.407 e. The highest BCUT2D eigenvalue weighted by molar-refractivity contribution is 5.89. The second-order valence-electron chi connectivity index (χ2n) is 6.50. The molecule has 1 rings (SSSR count). The van der Waals surface area contributed by atoms with Crippen LogP contribution in [-0.4, -0.2) is 30.2 Å². The van der Waals surface area contributed by atoms with E-state index in [2.05, 4.69) is 16.0 Å². The highest BCUT2D eigenvalue weighted by atomic mass is 16.6. The molecule has 0 bridgehead atoms. The minimum Gasteiger partial charge on any atom is -0.444 e. The van der Waals surface area contributed by atoms with Gasteiger partial charge in [0.1, 0.15) is 5.60 Å². The fourth-order valence-electron chi connectivity index (χ4n) is 1.89. The van der Waals surface area contributed by atoms with Gasteiger partial charge in [-0.3, -0.25) is 4.79 Å². The highest BCUT2D eigenvalue weighted by Crippen LogP contribution is 2.14. The van der Waals surface area contributed by atoms with Gasteiger partial charge in [-0.05, 0) is 39.3 Å². The van der Waals surface area contributed by atoms with Gasteiger partial charge in [0.05, 0.1) is 0 Å². The van der Waals surface area contributed by atoms with Crippen molar-refractivity contribution in [2.45, 2.75) is 52.8 Å². The van der Waals surface area contributed by atoms with Crippen LogP contribution in [0.1, 0.15) is 40.2 Å². The summed E-state index contributed by atoms with van der Waals surface area (Å²) in [6.07, 6.45) is -0.426. The monoisotopic (exact) mass is 321 g/mol. The van der Waals surface area contributed by atoms with Crippen LogP contribution in [0.25, 0.3) is 0 Å². The van der Waals surface area contributed by atoms with Crippen LogP contribution in [0.15, 0.2) is 24.3 Å². The summed E-state index contributed by atoms with van der Waals surface area (Å²) < 4.78 is 5.19.